The Hall–Kier alpha value is -0.860. The largest absolute Gasteiger partial charge is 0.312 e. The van der Waals surface area contributed by atoms with Crippen LogP contribution in [0, 0.1) is 0 Å². The van der Waals surface area contributed by atoms with Gasteiger partial charge >= 0.3 is 0 Å². The van der Waals surface area contributed by atoms with Gasteiger partial charge in [0.25, 0.3) is 0 Å². The molecule has 0 saturated heterocycles. The summed E-state index contributed by atoms with van der Waals surface area (Å²) in [5.41, 5.74) is 3.33. The third-order valence-electron chi connectivity index (χ3n) is 5.36. The number of rotatable bonds is 8. The Morgan fingerprint density at radius 3 is 2.43 bits per heavy atom. The zero-order chi connectivity index (χ0) is 15.5. The average Bonchev–Trinajstić information content (AvgIpc) is 2.44. The summed E-state index contributed by atoms with van der Waals surface area (Å²) in [7, 11) is 0. The molecule has 0 heterocycles. The van der Waals surface area contributed by atoms with Crippen molar-refractivity contribution >= 4 is 0 Å². The molecule has 1 N–H and O–H groups in total. The van der Waals surface area contributed by atoms with Crippen LogP contribution in [-0.4, -0.2) is 36.1 Å². The summed E-state index contributed by atoms with van der Waals surface area (Å²) in [4.78, 5) is 2.59. The van der Waals surface area contributed by atoms with E-state index in [1.807, 2.05) is 0 Å². The van der Waals surface area contributed by atoms with Crippen molar-refractivity contribution < 1.29 is 0 Å². The van der Waals surface area contributed by atoms with E-state index in [2.05, 4.69) is 69.1 Å². The molecule has 0 fully saturated rings. The highest BCUT2D eigenvalue weighted by Gasteiger charge is 2.37. The summed E-state index contributed by atoms with van der Waals surface area (Å²) in [5, 5.41) is 3.76. The van der Waals surface area contributed by atoms with Crippen molar-refractivity contribution in [1.82, 2.24) is 10.2 Å². The molecule has 0 radical (unpaired) electrons. The highest BCUT2D eigenvalue weighted by Crippen LogP contribution is 2.40. The maximum atomic E-state index is 3.76. The second kappa shape index (κ2) is 6.93. The predicted molar refractivity (Wildman–Crippen MR) is 92.0 cm³/mol. The number of likely N-dealkylation sites (N-methyl/N-ethyl adjacent to an activating group) is 2. The van der Waals surface area contributed by atoms with E-state index in [9.17, 15) is 0 Å². The van der Waals surface area contributed by atoms with E-state index in [4.69, 9.17) is 0 Å². The van der Waals surface area contributed by atoms with Crippen molar-refractivity contribution in [3.63, 3.8) is 0 Å². The molecule has 2 atom stereocenters. The van der Waals surface area contributed by atoms with E-state index in [1.54, 1.807) is 11.1 Å². The Labute approximate surface area is 130 Å². The zero-order valence-corrected chi connectivity index (χ0v) is 14.4. The lowest BCUT2D eigenvalue weighted by Crippen LogP contribution is -2.58. The number of nitrogens with one attached hydrogen (secondary N) is 1. The fourth-order valence-electron chi connectivity index (χ4n) is 3.98. The Kier molecular flexibility index (Phi) is 5.45. The number of fused-ring (bicyclic) bond motifs is 1. The summed E-state index contributed by atoms with van der Waals surface area (Å²) < 4.78 is 0. The molecule has 0 aromatic heterocycles. The fourth-order valence-corrected chi connectivity index (χ4v) is 3.98. The first-order valence-electron chi connectivity index (χ1n) is 8.60. The van der Waals surface area contributed by atoms with E-state index >= 15 is 0 Å². The molecular formula is C19H32N2. The zero-order valence-electron chi connectivity index (χ0n) is 14.4. The van der Waals surface area contributed by atoms with Gasteiger partial charge < -0.3 is 5.32 Å². The quantitative estimate of drug-likeness (QED) is 0.782. The van der Waals surface area contributed by atoms with Crippen molar-refractivity contribution in [2.75, 3.05) is 19.6 Å². The van der Waals surface area contributed by atoms with E-state index in [0.29, 0.717) is 6.04 Å². The summed E-state index contributed by atoms with van der Waals surface area (Å²) in [6, 6.07) is 9.49. The van der Waals surface area contributed by atoms with Crippen molar-refractivity contribution in [2.24, 2.45) is 0 Å². The van der Waals surface area contributed by atoms with Crippen LogP contribution in [0.15, 0.2) is 24.3 Å². The minimum absolute atomic E-state index is 0.198. The fraction of sp³-hybridized carbons (Fsp3) is 0.684. The maximum Gasteiger partial charge on any atom is 0.0306 e. The summed E-state index contributed by atoms with van der Waals surface area (Å²) >= 11 is 0. The van der Waals surface area contributed by atoms with Gasteiger partial charge in [0.2, 0.25) is 0 Å². The van der Waals surface area contributed by atoms with E-state index in [1.165, 1.54) is 12.8 Å². The van der Waals surface area contributed by atoms with Crippen LogP contribution in [0.2, 0.25) is 0 Å². The number of benzene rings is 1. The average molecular weight is 288 g/mol. The Morgan fingerprint density at radius 2 is 1.86 bits per heavy atom. The molecule has 2 rings (SSSR count). The Morgan fingerprint density at radius 1 is 1.19 bits per heavy atom. The SMILES string of the molecule is CCNC(CC1Cc2ccccc21)C(C)(C)N(CC)CC. The van der Waals surface area contributed by atoms with Crippen molar-refractivity contribution in [1.29, 1.82) is 0 Å². The minimum atomic E-state index is 0.198. The lowest BCUT2D eigenvalue weighted by atomic mass is 9.72. The summed E-state index contributed by atoms with van der Waals surface area (Å²) in [5.74, 6) is 0.736. The first kappa shape index (κ1) is 16.5. The topological polar surface area (TPSA) is 15.3 Å². The van der Waals surface area contributed by atoms with Gasteiger partial charge in [0.1, 0.15) is 0 Å². The van der Waals surface area contributed by atoms with Gasteiger partial charge in [-0.3, -0.25) is 4.90 Å². The third-order valence-corrected chi connectivity index (χ3v) is 5.36. The molecule has 1 aromatic rings. The van der Waals surface area contributed by atoms with Gasteiger partial charge in [-0.2, -0.15) is 0 Å². The summed E-state index contributed by atoms with van der Waals surface area (Å²) in [6.07, 6.45) is 2.50. The first-order chi connectivity index (χ1) is 10.0. The van der Waals surface area contributed by atoms with Crippen LogP contribution < -0.4 is 5.32 Å². The van der Waals surface area contributed by atoms with Gasteiger partial charge in [0, 0.05) is 11.6 Å². The van der Waals surface area contributed by atoms with Crippen LogP contribution in [0.5, 0.6) is 0 Å². The lowest BCUT2D eigenvalue weighted by Gasteiger charge is -2.46. The van der Waals surface area contributed by atoms with Crippen LogP contribution in [-0.2, 0) is 6.42 Å². The van der Waals surface area contributed by atoms with E-state index in [0.717, 1.165) is 25.6 Å². The molecule has 118 valence electrons. The molecule has 21 heavy (non-hydrogen) atoms. The lowest BCUT2D eigenvalue weighted by molar-refractivity contribution is 0.0838. The standard InChI is InChI=1S/C19H32N2/c1-6-20-18(19(4,5)21(7-2)8-3)14-16-13-15-11-9-10-12-17(15)16/h9-12,16,18,20H,6-8,13-14H2,1-5H3. The maximum absolute atomic E-state index is 3.76. The van der Waals surface area contributed by atoms with Gasteiger partial charge in [0.05, 0.1) is 0 Å². The molecule has 1 aliphatic carbocycles. The highest BCUT2D eigenvalue weighted by atomic mass is 15.2. The van der Waals surface area contributed by atoms with Crippen molar-refractivity contribution in [3.05, 3.63) is 35.4 Å². The molecule has 0 amide bonds. The second-order valence-electron chi connectivity index (χ2n) is 6.77. The Bertz CT molecular complexity index is 449. The summed E-state index contributed by atoms with van der Waals surface area (Å²) in [6.45, 7) is 14.8. The van der Waals surface area contributed by atoms with Gasteiger partial charge in [-0.1, -0.05) is 45.0 Å². The number of hydrogen-bond donors (Lipinski definition) is 1. The smallest absolute Gasteiger partial charge is 0.0306 e. The highest BCUT2D eigenvalue weighted by molar-refractivity contribution is 5.40. The molecule has 2 heteroatoms. The van der Waals surface area contributed by atoms with Crippen LogP contribution in [0.25, 0.3) is 0 Å². The first-order valence-corrected chi connectivity index (χ1v) is 8.60. The molecule has 0 saturated carbocycles. The second-order valence-corrected chi connectivity index (χ2v) is 6.77. The van der Waals surface area contributed by atoms with Gasteiger partial charge in [0.15, 0.2) is 0 Å². The van der Waals surface area contributed by atoms with Crippen LogP contribution >= 0.6 is 0 Å². The molecule has 0 spiro atoms. The van der Waals surface area contributed by atoms with Crippen LogP contribution in [0.1, 0.15) is 58.1 Å². The molecule has 0 aliphatic heterocycles. The van der Waals surface area contributed by atoms with Gasteiger partial charge in [-0.15, -0.1) is 0 Å². The van der Waals surface area contributed by atoms with Crippen LogP contribution in [0.4, 0.5) is 0 Å². The molecule has 1 aliphatic rings. The third kappa shape index (κ3) is 3.32. The molecular weight excluding hydrogens is 256 g/mol. The van der Waals surface area contributed by atoms with Gasteiger partial charge in [-0.05, 0) is 63.4 Å². The number of nitrogens with zero attached hydrogens (tertiary/aromatic N) is 1. The van der Waals surface area contributed by atoms with E-state index in [-0.39, 0.29) is 5.54 Å². The molecule has 2 nitrogen and oxygen atoms in total. The minimum Gasteiger partial charge on any atom is -0.312 e. The van der Waals surface area contributed by atoms with Gasteiger partial charge in [-0.25, -0.2) is 0 Å². The molecule has 1 aromatic carbocycles. The molecule has 0 bridgehead atoms. The van der Waals surface area contributed by atoms with Crippen LogP contribution in [0.3, 0.4) is 0 Å². The van der Waals surface area contributed by atoms with Crippen molar-refractivity contribution in [2.45, 2.75) is 65.0 Å². The normalized spacial score (nSPS) is 19.2. The Balaban J connectivity index is 2.10. The van der Waals surface area contributed by atoms with Crippen molar-refractivity contribution in [3.8, 4) is 0 Å². The van der Waals surface area contributed by atoms with E-state index < -0.39 is 0 Å². The number of hydrogen-bond acceptors (Lipinski definition) is 2. The predicted octanol–water partition coefficient (Wildman–Crippen LogP) is 3.81. The molecule has 2 unspecified atom stereocenters. The monoisotopic (exact) mass is 288 g/mol.